The van der Waals surface area contributed by atoms with Crippen LogP contribution in [0.15, 0.2) is 60.9 Å². The lowest BCUT2D eigenvalue weighted by molar-refractivity contribution is 0.0906. The topological polar surface area (TPSA) is 108 Å². The predicted octanol–water partition coefficient (Wildman–Crippen LogP) is 2.31. The fourth-order valence-electron chi connectivity index (χ4n) is 3.28. The minimum absolute atomic E-state index is 0.0400. The maximum absolute atomic E-state index is 9.82. The van der Waals surface area contributed by atoms with Crippen LogP contribution in [0.25, 0.3) is 11.1 Å². The number of aliphatic hydroxyl groups excluding tert-OH is 4. The summed E-state index contributed by atoms with van der Waals surface area (Å²) in [6.07, 6.45) is 2.47. The number of nitrogens with zero attached hydrogens (tertiary/aromatic N) is 2. The van der Waals surface area contributed by atoms with Crippen molar-refractivity contribution in [3.05, 3.63) is 72.3 Å². The number of aromatic nitrogens is 2. The van der Waals surface area contributed by atoms with Crippen LogP contribution in [0.4, 0.5) is 0 Å². The van der Waals surface area contributed by atoms with Crippen molar-refractivity contribution in [3.8, 4) is 28.7 Å². The summed E-state index contributed by atoms with van der Waals surface area (Å²) in [5, 5.41) is 37.8. The third-order valence-electron chi connectivity index (χ3n) is 4.99. The van der Waals surface area contributed by atoms with Gasteiger partial charge in [0.15, 0.2) is 0 Å². The number of benzene rings is 2. The minimum Gasteiger partial charge on any atom is -0.488 e. The van der Waals surface area contributed by atoms with Gasteiger partial charge in [-0.25, -0.2) is 4.98 Å². The van der Waals surface area contributed by atoms with E-state index in [0.717, 1.165) is 16.7 Å². The van der Waals surface area contributed by atoms with E-state index in [9.17, 15) is 15.3 Å². The summed E-state index contributed by atoms with van der Waals surface area (Å²) in [6, 6.07) is 14.8. The molecule has 0 aliphatic carbocycles. The molecule has 0 fully saturated rings. The molecule has 0 aliphatic heterocycles. The van der Waals surface area contributed by atoms with E-state index in [4.69, 9.17) is 9.84 Å². The molecule has 168 valence electrons. The van der Waals surface area contributed by atoms with Crippen LogP contribution in [0.1, 0.15) is 36.9 Å². The Bertz CT molecular complexity index is 1030. The number of aliphatic hydroxyl groups is 4. The first-order chi connectivity index (χ1) is 15.5. The third-order valence-corrected chi connectivity index (χ3v) is 4.99. The number of hydrogen-bond acceptors (Lipinski definition) is 6. The standard InChI is InChI=1S/C25H28N2O5/c1-18(31)25-26-13-14-27(25)22(16-29)9-4-19-2-5-20(6-3-19)21-7-10-23(11-8-21)32-24(17-30)12-15-28/h2-3,5-8,10-11,13-14,18,22,24,28-31H,12,15-17H2,1H3. The number of imidazole rings is 1. The number of hydrogen-bond donors (Lipinski definition) is 4. The SMILES string of the molecule is CC(O)c1nccn1C(C#Cc1ccc(-c2ccc(OC(CO)CCO)cc2)cc1)CO. The maximum Gasteiger partial charge on any atom is 0.138 e. The summed E-state index contributed by atoms with van der Waals surface area (Å²) in [6.45, 7) is 1.24. The van der Waals surface area contributed by atoms with Crippen molar-refractivity contribution in [2.75, 3.05) is 19.8 Å². The zero-order valence-electron chi connectivity index (χ0n) is 17.9. The van der Waals surface area contributed by atoms with Gasteiger partial charge in [-0.15, -0.1) is 0 Å². The normalized spacial score (nSPS) is 13.7. The molecule has 1 aromatic heterocycles. The second-order valence-corrected chi connectivity index (χ2v) is 7.37. The second kappa shape index (κ2) is 11.5. The fourth-order valence-corrected chi connectivity index (χ4v) is 3.28. The van der Waals surface area contributed by atoms with Crippen molar-refractivity contribution < 1.29 is 25.2 Å². The van der Waals surface area contributed by atoms with Crippen molar-refractivity contribution in [1.29, 1.82) is 0 Å². The molecule has 3 aromatic rings. The van der Waals surface area contributed by atoms with Gasteiger partial charge in [0.05, 0.1) is 13.2 Å². The van der Waals surface area contributed by atoms with Gasteiger partial charge >= 0.3 is 0 Å². The highest BCUT2D eigenvalue weighted by Gasteiger charge is 2.14. The minimum atomic E-state index is -0.749. The molecule has 1 heterocycles. The van der Waals surface area contributed by atoms with Gasteiger partial charge in [-0.1, -0.05) is 36.1 Å². The van der Waals surface area contributed by atoms with Crippen molar-refractivity contribution in [2.45, 2.75) is 31.6 Å². The Hall–Kier alpha value is -3.15. The molecule has 0 saturated heterocycles. The molecular formula is C25H28N2O5. The molecular weight excluding hydrogens is 408 g/mol. The Balaban J connectivity index is 1.70. The zero-order valence-corrected chi connectivity index (χ0v) is 17.9. The van der Waals surface area contributed by atoms with Gasteiger partial charge in [0.1, 0.15) is 29.8 Å². The molecule has 3 rings (SSSR count). The molecule has 0 radical (unpaired) electrons. The number of ether oxygens (including phenoxy) is 1. The van der Waals surface area contributed by atoms with Crippen LogP contribution in [0.2, 0.25) is 0 Å². The van der Waals surface area contributed by atoms with Gasteiger partial charge in [0, 0.05) is 31.0 Å². The molecule has 4 N–H and O–H groups in total. The van der Waals surface area contributed by atoms with Gasteiger partial charge < -0.3 is 29.7 Å². The van der Waals surface area contributed by atoms with Crippen LogP contribution in [0, 0.1) is 11.8 Å². The Morgan fingerprint density at radius 1 is 0.969 bits per heavy atom. The van der Waals surface area contributed by atoms with Crippen LogP contribution >= 0.6 is 0 Å². The molecule has 0 bridgehead atoms. The Morgan fingerprint density at radius 3 is 2.19 bits per heavy atom. The van der Waals surface area contributed by atoms with E-state index in [2.05, 4.69) is 16.8 Å². The lowest BCUT2D eigenvalue weighted by atomic mass is 10.0. The maximum atomic E-state index is 9.82. The first-order valence-electron chi connectivity index (χ1n) is 10.5. The molecule has 0 aliphatic rings. The highest BCUT2D eigenvalue weighted by Crippen LogP contribution is 2.24. The summed E-state index contributed by atoms with van der Waals surface area (Å²) >= 11 is 0. The summed E-state index contributed by atoms with van der Waals surface area (Å²) in [5.41, 5.74) is 2.83. The highest BCUT2D eigenvalue weighted by molar-refractivity contribution is 5.65. The van der Waals surface area contributed by atoms with Gasteiger partial charge in [0.2, 0.25) is 0 Å². The second-order valence-electron chi connectivity index (χ2n) is 7.37. The quantitative estimate of drug-likeness (QED) is 0.384. The molecule has 0 spiro atoms. The monoisotopic (exact) mass is 436 g/mol. The molecule has 7 nitrogen and oxygen atoms in total. The molecule has 0 saturated carbocycles. The number of rotatable bonds is 9. The Kier molecular flexibility index (Phi) is 8.42. The molecule has 7 heteroatoms. The molecule has 3 unspecified atom stereocenters. The van der Waals surface area contributed by atoms with Crippen molar-refractivity contribution in [2.24, 2.45) is 0 Å². The summed E-state index contributed by atoms with van der Waals surface area (Å²) < 4.78 is 7.34. The predicted molar refractivity (Wildman–Crippen MR) is 121 cm³/mol. The van der Waals surface area contributed by atoms with Crippen molar-refractivity contribution in [1.82, 2.24) is 9.55 Å². The van der Waals surface area contributed by atoms with E-state index in [1.54, 1.807) is 23.9 Å². The summed E-state index contributed by atoms with van der Waals surface area (Å²) in [5.74, 6) is 7.21. The van der Waals surface area contributed by atoms with Gasteiger partial charge in [-0.05, 0) is 42.3 Å². The van der Waals surface area contributed by atoms with E-state index >= 15 is 0 Å². The average molecular weight is 437 g/mol. The largest absolute Gasteiger partial charge is 0.488 e. The zero-order chi connectivity index (χ0) is 22.9. The van der Waals surface area contributed by atoms with E-state index in [0.29, 0.717) is 18.0 Å². The Labute approximate surface area is 187 Å². The lowest BCUT2D eigenvalue weighted by Crippen LogP contribution is -2.22. The van der Waals surface area contributed by atoms with E-state index in [-0.39, 0.29) is 19.8 Å². The molecule has 3 atom stereocenters. The van der Waals surface area contributed by atoms with Gasteiger partial charge in [-0.2, -0.15) is 0 Å². The first-order valence-corrected chi connectivity index (χ1v) is 10.5. The smallest absolute Gasteiger partial charge is 0.138 e. The molecule has 2 aromatic carbocycles. The summed E-state index contributed by atoms with van der Waals surface area (Å²) in [4.78, 5) is 4.12. The van der Waals surface area contributed by atoms with E-state index < -0.39 is 18.2 Å². The van der Waals surface area contributed by atoms with Crippen LogP contribution in [0.5, 0.6) is 5.75 Å². The first kappa shape index (κ1) is 23.5. The molecule has 32 heavy (non-hydrogen) atoms. The van der Waals surface area contributed by atoms with E-state index in [1.807, 2.05) is 48.5 Å². The van der Waals surface area contributed by atoms with Crippen molar-refractivity contribution in [3.63, 3.8) is 0 Å². The highest BCUT2D eigenvalue weighted by atomic mass is 16.5. The van der Waals surface area contributed by atoms with E-state index in [1.165, 1.54) is 0 Å². The van der Waals surface area contributed by atoms with Crippen LogP contribution < -0.4 is 4.74 Å². The fraction of sp³-hybridized carbons (Fsp3) is 0.320. The van der Waals surface area contributed by atoms with Crippen LogP contribution in [-0.2, 0) is 0 Å². The van der Waals surface area contributed by atoms with Crippen LogP contribution in [-0.4, -0.2) is 55.9 Å². The lowest BCUT2D eigenvalue weighted by Gasteiger charge is -2.16. The molecule has 0 amide bonds. The average Bonchev–Trinajstić information content (AvgIpc) is 3.30. The Morgan fingerprint density at radius 2 is 1.62 bits per heavy atom. The van der Waals surface area contributed by atoms with Gasteiger partial charge in [-0.3, -0.25) is 0 Å². The summed E-state index contributed by atoms with van der Waals surface area (Å²) in [7, 11) is 0. The third kappa shape index (κ3) is 5.96. The van der Waals surface area contributed by atoms with Crippen LogP contribution in [0.3, 0.4) is 0 Å². The van der Waals surface area contributed by atoms with Crippen molar-refractivity contribution >= 4 is 0 Å². The van der Waals surface area contributed by atoms with Gasteiger partial charge in [0.25, 0.3) is 0 Å².